The van der Waals surface area contributed by atoms with Gasteiger partial charge in [-0.2, -0.15) is 0 Å². The molecule has 0 radical (unpaired) electrons. The maximum atomic E-state index is 14.1. The molecule has 11 heteroatoms. The summed E-state index contributed by atoms with van der Waals surface area (Å²) in [6.07, 6.45) is 2.96. The van der Waals surface area contributed by atoms with E-state index in [1.807, 2.05) is 6.92 Å². The second-order valence-corrected chi connectivity index (χ2v) is 10.2. The first-order chi connectivity index (χ1) is 19.3. The molecule has 0 spiro atoms. The molecule has 0 saturated carbocycles. The van der Waals surface area contributed by atoms with E-state index in [9.17, 15) is 9.59 Å². The number of fused-ring (bicyclic) bond motifs is 1. The number of methoxy groups -OCH3 is 4. The van der Waals surface area contributed by atoms with Crippen LogP contribution in [-0.2, 0) is 9.53 Å². The van der Waals surface area contributed by atoms with Crippen molar-refractivity contribution in [1.82, 2.24) is 4.57 Å². The summed E-state index contributed by atoms with van der Waals surface area (Å²) in [5, 5.41) is 0.435. The van der Waals surface area contributed by atoms with Gasteiger partial charge in [-0.1, -0.05) is 36.3 Å². The maximum Gasteiger partial charge on any atom is 0.338 e. The molecule has 9 nitrogen and oxygen atoms in total. The highest BCUT2D eigenvalue weighted by molar-refractivity contribution is 7.07. The largest absolute Gasteiger partial charge is 0.496 e. The highest BCUT2D eigenvalue weighted by Crippen LogP contribution is 2.38. The fourth-order valence-corrected chi connectivity index (χ4v) is 5.83. The minimum Gasteiger partial charge on any atom is -0.496 e. The van der Waals surface area contributed by atoms with Gasteiger partial charge in [-0.3, -0.25) is 9.36 Å². The Hall–Kier alpha value is -3.76. The molecule has 1 aliphatic heterocycles. The van der Waals surface area contributed by atoms with E-state index < -0.39 is 12.0 Å². The Morgan fingerprint density at radius 1 is 1.00 bits per heavy atom. The predicted octanol–water partition coefficient (Wildman–Crippen LogP) is 4.27. The quantitative estimate of drug-likeness (QED) is 0.327. The first-order valence-electron chi connectivity index (χ1n) is 12.7. The zero-order chi connectivity index (χ0) is 29.0. The molecule has 0 aliphatic carbocycles. The zero-order valence-corrected chi connectivity index (χ0v) is 24.8. The smallest absolute Gasteiger partial charge is 0.338 e. The van der Waals surface area contributed by atoms with Gasteiger partial charge in [0.25, 0.3) is 5.56 Å². The van der Waals surface area contributed by atoms with Crippen LogP contribution in [0.3, 0.4) is 0 Å². The third kappa shape index (κ3) is 5.46. The van der Waals surface area contributed by atoms with Crippen LogP contribution in [0, 0.1) is 0 Å². The number of allylic oxidation sites excluding steroid dienone is 1. The lowest BCUT2D eigenvalue weighted by Gasteiger charge is -2.27. The topological polar surface area (TPSA) is 97.6 Å². The molecule has 1 atom stereocenters. The van der Waals surface area contributed by atoms with Gasteiger partial charge < -0.3 is 23.7 Å². The summed E-state index contributed by atoms with van der Waals surface area (Å²) in [4.78, 5) is 32.7. The number of esters is 1. The molecule has 212 valence electrons. The number of benzene rings is 2. The van der Waals surface area contributed by atoms with Crippen molar-refractivity contribution in [3.63, 3.8) is 0 Å². The monoisotopic (exact) mass is 586 g/mol. The van der Waals surface area contributed by atoms with Gasteiger partial charge in [-0.15, -0.1) is 0 Å². The average molecular weight is 587 g/mol. The molecule has 1 aliphatic rings. The summed E-state index contributed by atoms with van der Waals surface area (Å²) in [5.74, 6) is 1.41. The van der Waals surface area contributed by atoms with Crippen LogP contribution in [-0.4, -0.2) is 45.6 Å². The average Bonchev–Trinajstić information content (AvgIpc) is 3.26. The van der Waals surface area contributed by atoms with Crippen molar-refractivity contribution in [1.29, 1.82) is 0 Å². The van der Waals surface area contributed by atoms with Gasteiger partial charge in [0.05, 0.1) is 50.8 Å². The van der Waals surface area contributed by atoms with Gasteiger partial charge >= 0.3 is 5.97 Å². The summed E-state index contributed by atoms with van der Waals surface area (Å²) in [5.41, 5.74) is 1.67. The molecule has 0 bridgehead atoms. The number of carbonyl (C=O) groups excluding carboxylic acids is 1. The molecule has 40 heavy (non-hydrogen) atoms. The lowest BCUT2D eigenvalue weighted by molar-refractivity contribution is -0.139. The van der Waals surface area contributed by atoms with Crippen molar-refractivity contribution in [2.24, 2.45) is 4.99 Å². The molecule has 0 saturated heterocycles. The molecule has 0 fully saturated rings. The van der Waals surface area contributed by atoms with E-state index in [2.05, 4.69) is 0 Å². The van der Waals surface area contributed by atoms with Gasteiger partial charge in [0.15, 0.2) is 16.3 Å². The molecule has 0 N–H and O–H groups in total. The highest BCUT2D eigenvalue weighted by Gasteiger charge is 2.36. The number of hydrogen-bond donors (Lipinski definition) is 0. The Morgan fingerprint density at radius 3 is 2.30 bits per heavy atom. The summed E-state index contributed by atoms with van der Waals surface area (Å²) in [6, 6.07) is 7.68. The van der Waals surface area contributed by atoms with Crippen molar-refractivity contribution in [3.05, 3.63) is 77.4 Å². The number of halogens is 1. The lowest BCUT2D eigenvalue weighted by atomic mass is 9.93. The fourth-order valence-electron chi connectivity index (χ4n) is 4.64. The number of nitrogens with zero attached hydrogens (tertiary/aromatic N) is 2. The molecule has 0 unspecified atom stereocenters. The summed E-state index contributed by atoms with van der Waals surface area (Å²) < 4.78 is 29.4. The van der Waals surface area contributed by atoms with Gasteiger partial charge in [-0.25, -0.2) is 9.79 Å². The van der Waals surface area contributed by atoms with E-state index >= 15 is 0 Å². The third-order valence-corrected chi connectivity index (χ3v) is 7.62. The summed E-state index contributed by atoms with van der Waals surface area (Å²) in [7, 11) is 6.13. The number of aromatic nitrogens is 1. The Morgan fingerprint density at radius 2 is 1.68 bits per heavy atom. The number of ether oxygens (including phenoxy) is 5. The summed E-state index contributed by atoms with van der Waals surface area (Å²) >= 11 is 7.62. The predicted molar refractivity (Wildman–Crippen MR) is 154 cm³/mol. The van der Waals surface area contributed by atoms with Crippen molar-refractivity contribution in [2.45, 2.75) is 32.7 Å². The Bertz CT molecular complexity index is 1640. The maximum absolute atomic E-state index is 14.1. The van der Waals surface area contributed by atoms with E-state index in [1.54, 1.807) is 43.3 Å². The lowest BCUT2D eigenvalue weighted by Crippen LogP contribution is -2.40. The van der Waals surface area contributed by atoms with Gasteiger partial charge in [0, 0.05) is 22.2 Å². The van der Waals surface area contributed by atoms with Gasteiger partial charge in [0.1, 0.15) is 17.5 Å². The first-order valence-corrected chi connectivity index (χ1v) is 13.9. The van der Waals surface area contributed by atoms with Gasteiger partial charge in [-0.05, 0) is 43.7 Å². The minimum atomic E-state index is -0.861. The van der Waals surface area contributed by atoms with Gasteiger partial charge in [0.2, 0.25) is 0 Å². The van der Waals surface area contributed by atoms with E-state index in [4.69, 9.17) is 40.3 Å². The summed E-state index contributed by atoms with van der Waals surface area (Å²) in [6.45, 7) is 3.91. The van der Waals surface area contributed by atoms with Crippen LogP contribution < -0.4 is 33.8 Å². The highest BCUT2D eigenvalue weighted by atomic mass is 35.5. The minimum absolute atomic E-state index is 0.171. The number of carbonyl (C=O) groups is 1. The first kappa shape index (κ1) is 29.2. The van der Waals surface area contributed by atoms with Crippen LogP contribution in [0.2, 0.25) is 5.02 Å². The Balaban J connectivity index is 2.06. The molecule has 1 aromatic heterocycles. The molecule has 4 rings (SSSR count). The molecule has 0 amide bonds. The zero-order valence-electron chi connectivity index (χ0n) is 23.2. The third-order valence-electron chi connectivity index (χ3n) is 6.40. The second kappa shape index (κ2) is 12.6. The molecular formula is C29H31ClN2O7S. The molecule has 3 aromatic rings. The van der Waals surface area contributed by atoms with Crippen LogP contribution in [0.15, 0.2) is 51.4 Å². The molecular weight excluding hydrogens is 556 g/mol. The van der Waals surface area contributed by atoms with Crippen molar-refractivity contribution in [2.75, 3.05) is 35.0 Å². The normalized spacial score (nSPS) is 14.9. The standard InChI is InChI=1S/C29H31ClN2O7S/c1-7-9-19-25(28(34)39-8-2)26(18-14-17(30)10-11-20(18)35-3)32-27(33)24(40-29(32)31-19)13-16-12-22(37-5)23(38-6)15-21(16)36-4/h10-15,26H,7-9H2,1-6H3/b24-13+/t26-/m0/s1. The van der Waals surface area contributed by atoms with Crippen LogP contribution in [0.5, 0.6) is 23.0 Å². The molecule has 2 heterocycles. The molecule has 2 aromatic carbocycles. The SMILES string of the molecule is CCCC1=C(C(=O)OCC)[C@H](c2cc(Cl)ccc2OC)n2c(s/c(=C/c3cc(OC)c(OC)cc3OC)c2=O)=N1. The van der Waals surface area contributed by atoms with Crippen molar-refractivity contribution >= 4 is 35.0 Å². The van der Waals surface area contributed by atoms with Crippen molar-refractivity contribution in [3.8, 4) is 23.0 Å². The van der Waals surface area contributed by atoms with E-state index in [0.717, 1.165) is 6.42 Å². The van der Waals surface area contributed by atoms with Crippen LogP contribution in [0.1, 0.15) is 43.9 Å². The van der Waals surface area contributed by atoms with E-state index in [0.29, 0.717) is 60.6 Å². The number of rotatable bonds is 10. The Labute approximate surface area is 240 Å². The van der Waals surface area contributed by atoms with Crippen LogP contribution in [0.25, 0.3) is 6.08 Å². The fraction of sp³-hybridized carbons (Fsp3) is 0.345. The Kier molecular flexibility index (Phi) is 9.21. The number of thiazole rings is 1. The van der Waals surface area contributed by atoms with Crippen molar-refractivity contribution < 1.29 is 28.5 Å². The van der Waals surface area contributed by atoms with Crippen LogP contribution in [0.4, 0.5) is 0 Å². The van der Waals surface area contributed by atoms with Crippen LogP contribution >= 0.6 is 22.9 Å². The van der Waals surface area contributed by atoms with E-state index in [-0.39, 0.29) is 17.7 Å². The van der Waals surface area contributed by atoms with E-state index in [1.165, 1.54) is 44.3 Å². The second-order valence-electron chi connectivity index (χ2n) is 8.75. The number of hydrogen-bond acceptors (Lipinski definition) is 9.